The molecule has 0 heterocycles. The normalized spacial score (nSPS) is 10.6. The summed E-state index contributed by atoms with van der Waals surface area (Å²) in [5.41, 5.74) is 6.20. The fourth-order valence-corrected chi connectivity index (χ4v) is 1.89. The standard InChI is InChI=1S/C14H23FN2O/c1-18-12-5-4-10-17(11-6-9-16)14-8-3-2-7-13(14)15/h2-3,7-8H,4-6,9-12,16H2,1H3. The number of unbranched alkanes of at least 4 members (excludes halogenated alkanes) is 1. The Labute approximate surface area is 109 Å². The molecular weight excluding hydrogens is 231 g/mol. The minimum Gasteiger partial charge on any atom is -0.385 e. The molecule has 0 aromatic heterocycles. The monoisotopic (exact) mass is 254 g/mol. The number of anilines is 1. The van der Waals surface area contributed by atoms with Crippen LogP contribution in [0.4, 0.5) is 10.1 Å². The van der Waals surface area contributed by atoms with Crippen molar-refractivity contribution in [3.8, 4) is 0 Å². The van der Waals surface area contributed by atoms with Crippen molar-refractivity contribution < 1.29 is 9.13 Å². The molecule has 0 fully saturated rings. The van der Waals surface area contributed by atoms with Gasteiger partial charge in [0.2, 0.25) is 0 Å². The molecule has 102 valence electrons. The first-order valence-electron chi connectivity index (χ1n) is 6.48. The fraction of sp³-hybridized carbons (Fsp3) is 0.571. The molecule has 18 heavy (non-hydrogen) atoms. The lowest BCUT2D eigenvalue weighted by atomic mass is 10.2. The lowest BCUT2D eigenvalue weighted by Gasteiger charge is -2.25. The van der Waals surface area contributed by atoms with Crippen LogP contribution in [0.3, 0.4) is 0 Å². The molecule has 1 aromatic carbocycles. The van der Waals surface area contributed by atoms with Crippen LogP contribution in [0, 0.1) is 5.82 Å². The van der Waals surface area contributed by atoms with E-state index in [9.17, 15) is 4.39 Å². The van der Waals surface area contributed by atoms with Crippen LogP contribution in [0.15, 0.2) is 24.3 Å². The molecule has 0 aliphatic heterocycles. The molecule has 1 rings (SSSR count). The van der Waals surface area contributed by atoms with Crippen molar-refractivity contribution in [1.82, 2.24) is 0 Å². The zero-order valence-corrected chi connectivity index (χ0v) is 11.1. The van der Waals surface area contributed by atoms with Gasteiger partial charge in [-0.05, 0) is 37.9 Å². The van der Waals surface area contributed by atoms with Crippen molar-refractivity contribution in [3.63, 3.8) is 0 Å². The van der Waals surface area contributed by atoms with E-state index >= 15 is 0 Å². The molecule has 0 spiro atoms. The van der Waals surface area contributed by atoms with Crippen molar-refractivity contribution in [3.05, 3.63) is 30.1 Å². The Morgan fingerprint density at radius 2 is 1.89 bits per heavy atom. The summed E-state index contributed by atoms with van der Waals surface area (Å²) in [5, 5.41) is 0. The Bertz CT molecular complexity index is 333. The molecular formula is C14H23FN2O. The quantitative estimate of drug-likeness (QED) is 0.688. The number of nitrogens with two attached hydrogens (primary N) is 1. The first kappa shape index (κ1) is 14.9. The largest absolute Gasteiger partial charge is 0.385 e. The van der Waals surface area contributed by atoms with Crippen molar-refractivity contribution in [1.29, 1.82) is 0 Å². The van der Waals surface area contributed by atoms with E-state index in [2.05, 4.69) is 4.90 Å². The van der Waals surface area contributed by atoms with E-state index < -0.39 is 0 Å². The molecule has 0 unspecified atom stereocenters. The summed E-state index contributed by atoms with van der Waals surface area (Å²) in [5.74, 6) is -0.165. The van der Waals surface area contributed by atoms with Gasteiger partial charge in [-0.3, -0.25) is 0 Å². The fourth-order valence-electron chi connectivity index (χ4n) is 1.89. The van der Waals surface area contributed by atoms with E-state index in [1.165, 1.54) is 6.07 Å². The number of hydrogen-bond acceptors (Lipinski definition) is 3. The zero-order chi connectivity index (χ0) is 13.2. The van der Waals surface area contributed by atoms with Crippen LogP contribution in [0.25, 0.3) is 0 Å². The molecule has 3 nitrogen and oxygen atoms in total. The van der Waals surface area contributed by atoms with Gasteiger partial charge in [0.25, 0.3) is 0 Å². The number of rotatable bonds is 9. The zero-order valence-electron chi connectivity index (χ0n) is 11.1. The topological polar surface area (TPSA) is 38.5 Å². The molecule has 0 amide bonds. The van der Waals surface area contributed by atoms with Gasteiger partial charge in [0.05, 0.1) is 5.69 Å². The third-order valence-electron chi connectivity index (χ3n) is 2.85. The van der Waals surface area contributed by atoms with Gasteiger partial charge < -0.3 is 15.4 Å². The summed E-state index contributed by atoms with van der Waals surface area (Å²) in [6, 6.07) is 6.90. The predicted octanol–water partition coefficient (Wildman–Crippen LogP) is 2.41. The number of ether oxygens (including phenoxy) is 1. The van der Waals surface area contributed by atoms with Gasteiger partial charge in [0.1, 0.15) is 5.82 Å². The molecule has 0 saturated heterocycles. The van der Waals surface area contributed by atoms with Gasteiger partial charge in [0, 0.05) is 26.8 Å². The first-order valence-corrected chi connectivity index (χ1v) is 6.48. The SMILES string of the molecule is COCCCCN(CCCN)c1ccccc1F. The molecule has 2 N–H and O–H groups in total. The van der Waals surface area contributed by atoms with Gasteiger partial charge in [-0.25, -0.2) is 4.39 Å². The van der Waals surface area contributed by atoms with Crippen LogP contribution in [0.1, 0.15) is 19.3 Å². The van der Waals surface area contributed by atoms with Crippen LogP contribution >= 0.6 is 0 Å². The number of hydrogen-bond donors (Lipinski definition) is 1. The predicted molar refractivity (Wildman–Crippen MR) is 73.4 cm³/mol. The maximum absolute atomic E-state index is 13.7. The minimum atomic E-state index is -0.165. The second kappa shape index (κ2) is 8.89. The Kier molecular flexibility index (Phi) is 7.37. The summed E-state index contributed by atoms with van der Waals surface area (Å²) in [6.45, 7) is 3.01. The van der Waals surface area contributed by atoms with Crippen molar-refractivity contribution in [2.45, 2.75) is 19.3 Å². The lowest BCUT2D eigenvalue weighted by Crippen LogP contribution is -2.28. The van der Waals surface area contributed by atoms with Crippen LogP contribution in [0.2, 0.25) is 0 Å². The Morgan fingerprint density at radius 3 is 2.56 bits per heavy atom. The molecule has 0 radical (unpaired) electrons. The molecule has 1 aromatic rings. The molecule has 4 heteroatoms. The summed E-state index contributed by atoms with van der Waals surface area (Å²) in [7, 11) is 1.70. The Balaban J connectivity index is 2.57. The van der Waals surface area contributed by atoms with Crippen LogP contribution in [-0.4, -0.2) is 33.4 Å². The average Bonchev–Trinajstić information content (AvgIpc) is 2.39. The van der Waals surface area contributed by atoms with Gasteiger partial charge in [-0.1, -0.05) is 12.1 Å². The number of halogens is 1. The maximum atomic E-state index is 13.7. The highest BCUT2D eigenvalue weighted by Crippen LogP contribution is 2.19. The van der Waals surface area contributed by atoms with E-state index in [4.69, 9.17) is 10.5 Å². The highest BCUT2D eigenvalue weighted by molar-refractivity contribution is 5.47. The lowest BCUT2D eigenvalue weighted by molar-refractivity contribution is 0.193. The molecule has 0 saturated carbocycles. The van der Waals surface area contributed by atoms with Crippen LogP contribution in [0.5, 0.6) is 0 Å². The van der Waals surface area contributed by atoms with E-state index in [1.807, 2.05) is 12.1 Å². The van der Waals surface area contributed by atoms with E-state index in [-0.39, 0.29) is 5.82 Å². The Morgan fingerprint density at radius 1 is 1.17 bits per heavy atom. The number of nitrogens with zero attached hydrogens (tertiary/aromatic N) is 1. The highest BCUT2D eigenvalue weighted by atomic mass is 19.1. The summed E-state index contributed by atoms with van der Waals surface area (Å²) in [6.07, 6.45) is 2.86. The third kappa shape index (κ3) is 5.02. The minimum absolute atomic E-state index is 0.165. The molecule has 0 atom stereocenters. The molecule has 0 aliphatic rings. The Hall–Kier alpha value is -1.13. The second-order valence-electron chi connectivity index (χ2n) is 4.28. The van der Waals surface area contributed by atoms with Gasteiger partial charge in [-0.2, -0.15) is 0 Å². The van der Waals surface area contributed by atoms with Crippen molar-refractivity contribution >= 4 is 5.69 Å². The van der Waals surface area contributed by atoms with Crippen molar-refractivity contribution in [2.75, 3.05) is 38.3 Å². The average molecular weight is 254 g/mol. The summed E-state index contributed by atoms with van der Waals surface area (Å²) >= 11 is 0. The smallest absolute Gasteiger partial charge is 0.146 e. The molecule has 0 bridgehead atoms. The number of para-hydroxylation sites is 1. The maximum Gasteiger partial charge on any atom is 0.146 e. The van der Waals surface area contributed by atoms with E-state index in [1.54, 1.807) is 13.2 Å². The second-order valence-corrected chi connectivity index (χ2v) is 4.28. The van der Waals surface area contributed by atoms with E-state index in [0.29, 0.717) is 12.2 Å². The number of benzene rings is 1. The van der Waals surface area contributed by atoms with Crippen LogP contribution < -0.4 is 10.6 Å². The van der Waals surface area contributed by atoms with Gasteiger partial charge >= 0.3 is 0 Å². The molecule has 0 aliphatic carbocycles. The highest BCUT2D eigenvalue weighted by Gasteiger charge is 2.09. The van der Waals surface area contributed by atoms with E-state index in [0.717, 1.165) is 39.0 Å². The number of methoxy groups -OCH3 is 1. The first-order chi connectivity index (χ1) is 8.79. The van der Waals surface area contributed by atoms with Crippen molar-refractivity contribution in [2.24, 2.45) is 5.73 Å². The summed E-state index contributed by atoms with van der Waals surface area (Å²) < 4.78 is 18.8. The van der Waals surface area contributed by atoms with Crippen LogP contribution in [-0.2, 0) is 4.74 Å². The third-order valence-corrected chi connectivity index (χ3v) is 2.85. The van der Waals surface area contributed by atoms with Gasteiger partial charge in [-0.15, -0.1) is 0 Å². The summed E-state index contributed by atoms with van der Waals surface area (Å²) in [4.78, 5) is 2.07. The van der Waals surface area contributed by atoms with Gasteiger partial charge in [0.15, 0.2) is 0 Å².